The molecule has 1 aliphatic carbocycles. The van der Waals surface area contributed by atoms with Crippen LogP contribution < -0.4 is 0 Å². The van der Waals surface area contributed by atoms with Gasteiger partial charge >= 0.3 is 0 Å². The number of fused-ring (bicyclic) bond motifs is 3. The minimum Gasteiger partial charge on any atom is -0.335 e. The average Bonchev–Trinajstić information content (AvgIpc) is 2.35. The van der Waals surface area contributed by atoms with Gasteiger partial charge in [0.1, 0.15) is 0 Å². The molecule has 0 aromatic rings. The highest BCUT2D eigenvalue weighted by atomic mass is 16.2. The van der Waals surface area contributed by atoms with E-state index in [4.69, 9.17) is 0 Å². The molecule has 14 heavy (non-hydrogen) atoms. The normalized spacial score (nSPS) is 38.7. The molecule has 72 valence electrons. The van der Waals surface area contributed by atoms with Crippen LogP contribution in [-0.4, -0.2) is 23.4 Å². The van der Waals surface area contributed by atoms with Crippen molar-refractivity contribution in [2.45, 2.75) is 12.5 Å². The molecule has 0 spiro atoms. The lowest BCUT2D eigenvalue weighted by Gasteiger charge is -2.44. The van der Waals surface area contributed by atoms with Gasteiger partial charge < -0.3 is 4.90 Å². The van der Waals surface area contributed by atoms with Crippen molar-refractivity contribution in [3.8, 4) is 0 Å². The van der Waals surface area contributed by atoms with Crippen molar-refractivity contribution < 1.29 is 4.79 Å². The van der Waals surface area contributed by atoms with E-state index >= 15 is 0 Å². The number of rotatable bonds is 0. The zero-order valence-corrected chi connectivity index (χ0v) is 7.97. The van der Waals surface area contributed by atoms with Crippen molar-refractivity contribution in [2.75, 3.05) is 6.54 Å². The Balaban J connectivity index is 1.92. The number of hydrogen-bond acceptors (Lipinski definition) is 1. The van der Waals surface area contributed by atoms with Crippen molar-refractivity contribution in [2.24, 2.45) is 11.8 Å². The monoisotopic (exact) mass is 187 g/mol. The molecule has 3 unspecified atom stereocenters. The third-order valence-electron chi connectivity index (χ3n) is 3.43. The summed E-state index contributed by atoms with van der Waals surface area (Å²) in [5, 5.41) is 0. The van der Waals surface area contributed by atoms with E-state index in [1.807, 2.05) is 4.90 Å². The quantitative estimate of drug-likeness (QED) is 0.416. The van der Waals surface area contributed by atoms with E-state index in [0.717, 1.165) is 13.0 Å². The molecule has 3 aliphatic rings. The number of hydrogen-bond donors (Lipinski definition) is 0. The van der Waals surface area contributed by atoms with Gasteiger partial charge in [-0.1, -0.05) is 36.5 Å². The Bertz CT molecular complexity index is 353. The van der Waals surface area contributed by atoms with Gasteiger partial charge in [-0.2, -0.15) is 0 Å². The number of carbonyl (C=O) groups is 1. The van der Waals surface area contributed by atoms with Gasteiger partial charge in [0.2, 0.25) is 5.91 Å². The lowest BCUT2D eigenvalue weighted by Crippen LogP contribution is -2.56. The first kappa shape index (κ1) is 8.04. The second kappa shape index (κ2) is 2.84. The molecule has 0 aromatic carbocycles. The smallest absolute Gasteiger partial charge is 0.225 e. The van der Waals surface area contributed by atoms with Crippen molar-refractivity contribution in [1.82, 2.24) is 4.90 Å². The molecule has 1 fully saturated rings. The molecule has 2 nitrogen and oxygen atoms in total. The fourth-order valence-corrected chi connectivity index (χ4v) is 2.61. The number of amides is 1. The van der Waals surface area contributed by atoms with Crippen LogP contribution in [0.5, 0.6) is 0 Å². The van der Waals surface area contributed by atoms with Gasteiger partial charge in [0.15, 0.2) is 0 Å². The molecule has 0 bridgehead atoms. The van der Waals surface area contributed by atoms with Crippen LogP contribution in [0.1, 0.15) is 6.42 Å². The zero-order valence-electron chi connectivity index (χ0n) is 7.97. The van der Waals surface area contributed by atoms with Gasteiger partial charge in [0, 0.05) is 30.8 Å². The summed E-state index contributed by atoms with van der Waals surface area (Å²) in [5.74, 6) is 1.32. The van der Waals surface area contributed by atoms with Crippen LogP contribution in [-0.2, 0) is 4.79 Å². The highest BCUT2D eigenvalue weighted by molar-refractivity contribution is 5.83. The molecular weight excluding hydrogens is 174 g/mol. The molecule has 3 atom stereocenters. The molecule has 1 saturated heterocycles. The summed E-state index contributed by atoms with van der Waals surface area (Å²) in [6.45, 7) is 0.804. The minimum atomic E-state index is 0.309. The third kappa shape index (κ3) is 0.999. The van der Waals surface area contributed by atoms with Gasteiger partial charge in [0.25, 0.3) is 0 Å². The number of nitrogens with zero attached hydrogens (tertiary/aromatic N) is 1. The van der Waals surface area contributed by atoms with E-state index in [9.17, 15) is 4.79 Å². The van der Waals surface area contributed by atoms with Crippen LogP contribution in [0.4, 0.5) is 0 Å². The second-order valence-electron chi connectivity index (χ2n) is 4.17. The van der Waals surface area contributed by atoms with E-state index in [2.05, 4.69) is 36.5 Å². The minimum absolute atomic E-state index is 0.309. The summed E-state index contributed by atoms with van der Waals surface area (Å²) < 4.78 is 0. The summed E-state index contributed by atoms with van der Waals surface area (Å²) in [6.07, 6.45) is 13.8. The maximum Gasteiger partial charge on any atom is 0.225 e. The average molecular weight is 187 g/mol. The Morgan fingerprint density at radius 3 is 2.93 bits per heavy atom. The van der Waals surface area contributed by atoms with Gasteiger partial charge in [0.05, 0.1) is 0 Å². The Hall–Kier alpha value is -1.31. The molecule has 0 radical (unpaired) electrons. The molecule has 2 aliphatic heterocycles. The van der Waals surface area contributed by atoms with Crippen LogP contribution in [0.15, 0.2) is 36.5 Å². The SMILES string of the molecule is O=C1CC2C3C=CC=CC3C=CCN12. The largest absolute Gasteiger partial charge is 0.335 e. The highest BCUT2D eigenvalue weighted by Crippen LogP contribution is 2.36. The Labute approximate surface area is 83.6 Å². The highest BCUT2D eigenvalue weighted by Gasteiger charge is 2.42. The van der Waals surface area contributed by atoms with Crippen LogP contribution >= 0.6 is 0 Å². The summed E-state index contributed by atoms with van der Waals surface area (Å²) >= 11 is 0. The van der Waals surface area contributed by atoms with E-state index in [1.54, 1.807) is 0 Å². The number of allylic oxidation sites excluding steroid dienone is 4. The molecule has 1 amide bonds. The van der Waals surface area contributed by atoms with Gasteiger partial charge in [-0.05, 0) is 0 Å². The van der Waals surface area contributed by atoms with Gasteiger partial charge in [-0.3, -0.25) is 4.79 Å². The van der Waals surface area contributed by atoms with Crippen molar-refractivity contribution in [3.05, 3.63) is 36.5 Å². The molecule has 0 N–H and O–H groups in total. The molecule has 3 rings (SSSR count). The molecular formula is C12H13NO. The van der Waals surface area contributed by atoms with Crippen molar-refractivity contribution in [1.29, 1.82) is 0 Å². The summed E-state index contributed by atoms with van der Waals surface area (Å²) in [7, 11) is 0. The first-order valence-corrected chi connectivity index (χ1v) is 5.17. The Morgan fingerprint density at radius 2 is 2.07 bits per heavy atom. The standard InChI is InChI=1S/C12H13NO/c14-12-8-11-10-6-2-1-4-9(10)5-3-7-13(11)12/h1-6,9-11H,7-8H2. The lowest BCUT2D eigenvalue weighted by molar-refractivity contribution is -0.146. The maximum atomic E-state index is 11.3. The molecule has 0 saturated carbocycles. The van der Waals surface area contributed by atoms with E-state index in [1.165, 1.54) is 0 Å². The molecule has 2 heterocycles. The Morgan fingerprint density at radius 1 is 1.21 bits per heavy atom. The van der Waals surface area contributed by atoms with Crippen molar-refractivity contribution in [3.63, 3.8) is 0 Å². The zero-order chi connectivity index (χ0) is 9.54. The van der Waals surface area contributed by atoms with Gasteiger partial charge in [-0.15, -0.1) is 0 Å². The van der Waals surface area contributed by atoms with E-state index in [0.29, 0.717) is 23.8 Å². The second-order valence-corrected chi connectivity index (χ2v) is 4.17. The first-order valence-electron chi connectivity index (χ1n) is 5.17. The topological polar surface area (TPSA) is 20.3 Å². The van der Waals surface area contributed by atoms with Crippen LogP contribution in [0.3, 0.4) is 0 Å². The van der Waals surface area contributed by atoms with Crippen LogP contribution in [0, 0.1) is 11.8 Å². The molecule has 2 heteroatoms. The predicted molar refractivity (Wildman–Crippen MR) is 54.5 cm³/mol. The third-order valence-corrected chi connectivity index (χ3v) is 3.43. The fourth-order valence-electron chi connectivity index (χ4n) is 2.61. The van der Waals surface area contributed by atoms with E-state index in [-0.39, 0.29) is 0 Å². The predicted octanol–water partition coefficient (Wildman–Crippen LogP) is 1.52. The summed E-state index contributed by atoms with van der Waals surface area (Å²) in [4.78, 5) is 13.3. The number of β-lactam (4-membered cyclic amide) rings is 1. The van der Waals surface area contributed by atoms with Crippen LogP contribution in [0.25, 0.3) is 0 Å². The maximum absolute atomic E-state index is 11.3. The number of carbonyl (C=O) groups excluding carboxylic acids is 1. The van der Waals surface area contributed by atoms with Crippen molar-refractivity contribution >= 4 is 5.91 Å². The summed E-state index contributed by atoms with van der Waals surface area (Å²) in [5.41, 5.74) is 0. The molecule has 0 aromatic heterocycles. The van der Waals surface area contributed by atoms with E-state index < -0.39 is 0 Å². The Kier molecular flexibility index (Phi) is 1.63. The van der Waals surface area contributed by atoms with Crippen LogP contribution in [0.2, 0.25) is 0 Å². The van der Waals surface area contributed by atoms with Gasteiger partial charge in [-0.25, -0.2) is 0 Å². The lowest BCUT2D eigenvalue weighted by atomic mass is 9.78. The fraction of sp³-hybridized carbons (Fsp3) is 0.417. The summed E-state index contributed by atoms with van der Waals surface area (Å²) in [6, 6.07) is 0.448. The first-order chi connectivity index (χ1) is 6.86.